The molecule has 17 heavy (non-hydrogen) atoms. The Morgan fingerprint density at radius 2 is 2.24 bits per heavy atom. The Balaban J connectivity index is 2.06. The van der Waals surface area contributed by atoms with Crippen LogP contribution >= 0.6 is 34.2 Å². The largest absolute Gasteiger partial charge is 0.349 e. The van der Waals surface area contributed by atoms with E-state index in [1.807, 2.05) is 12.1 Å². The van der Waals surface area contributed by atoms with Crippen molar-refractivity contribution in [1.82, 2.24) is 5.32 Å². The normalized spacial score (nSPS) is 23.7. The average Bonchev–Trinajstić information content (AvgIpc) is 2.68. The fourth-order valence-electron chi connectivity index (χ4n) is 2.25. The third kappa shape index (κ3) is 3.13. The van der Waals surface area contributed by atoms with Gasteiger partial charge in [0.15, 0.2) is 0 Å². The number of hydrogen-bond donors (Lipinski definition) is 1. The van der Waals surface area contributed by atoms with Crippen LogP contribution in [0.3, 0.4) is 0 Å². The standard InChI is InChI=1S/C13H15ClINO/c1-8-3-2-4-12(8)16-13(17)9-5-6-11(15)10(14)7-9/h5-8,12H,2-4H2,1H3,(H,16,17). The van der Waals surface area contributed by atoms with Gasteiger partial charge in [-0.1, -0.05) is 24.9 Å². The first-order valence-electron chi connectivity index (χ1n) is 5.84. The van der Waals surface area contributed by atoms with Crippen molar-refractivity contribution >= 4 is 40.1 Å². The minimum absolute atomic E-state index is 0.0120. The maximum atomic E-state index is 12.0. The van der Waals surface area contributed by atoms with Gasteiger partial charge in [0.25, 0.3) is 5.91 Å². The molecule has 1 aliphatic carbocycles. The van der Waals surface area contributed by atoms with Gasteiger partial charge >= 0.3 is 0 Å². The summed E-state index contributed by atoms with van der Waals surface area (Å²) in [6, 6.07) is 5.75. The monoisotopic (exact) mass is 363 g/mol. The first-order valence-corrected chi connectivity index (χ1v) is 7.29. The molecule has 1 aromatic carbocycles. The van der Waals surface area contributed by atoms with Crippen LogP contribution in [-0.4, -0.2) is 11.9 Å². The van der Waals surface area contributed by atoms with Gasteiger partial charge in [0, 0.05) is 15.2 Å². The number of hydrogen-bond acceptors (Lipinski definition) is 1. The molecular formula is C13H15ClINO. The summed E-state index contributed by atoms with van der Waals surface area (Å²) in [6.07, 6.45) is 3.50. The van der Waals surface area contributed by atoms with Gasteiger partial charge in [-0.05, 0) is 59.5 Å². The zero-order valence-corrected chi connectivity index (χ0v) is 12.6. The molecule has 4 heteroatoms. The van der Waals surface area contributed by atoms with Crippen LogP contribution in [0.1, 0.15) is 36.5 Å². The molecule has 0 saturated heterocycles. The Morgan fingerprint density at radius 1 is 1.47 bits per heavy atom. The van der Waals surface area contributed by atoms with Crippen LogP contribution in [0.5, 0.6) is 0 Å². The fourth-order valence-corrected chi connectivity index (χ4v) is 2.76. The zero-order valence-electron chi connectivity index (χ0n) is 9.67. The molecule has 1 saturated carbocycles. The molecule has 2 rings (SSSR count). The van der Waals surface area contributed by atoms with E-state index in [9.17, 15) is 4.79 Å². The van der Waals surface area contributed by atoms with Crippen LogP contribution in [0.2, 0.25) is 5.02 Å². The molecule has 0 heterocycles. The van der Waals surface area contributed by atoms with E-state index in [0.717, 1.165) is 9.99 Å². The van der Waals surface area contributed by atoms with E-state index in [-0.39, 0.29) is 5.91 Å². The number of benzene rings is 1. The van der Waals surface area contributed by atoms with Crippen molar-refractivity contribution in [1.29, 1.82) is 0 Å². The number of carbonyl (C=O) groups excluding carboxylic acids is 1. The van der Waals surface area contributed by atoms with Gasteiger partial charge in [0.1, 0.15) is 0 Å². The molecule has 0 bridgehead atoms. The number of amides is 1. The summed E-state index contributed by atoms with van der Waals surface area (Å²) in [7, 11) is 0. The van der Waals surface area contributed by atoms with E-state index < -0.39 is 0 Å². The summed E-state index contributed by atoms with van der Waals surface area (Å²) in [5, 5.41) is 3.73. The Hall–Kier alpha value is -0.290. The summed E-state index contributed by atoms with van der Waals surface area (Å²) in [4.78, 5) is 12.0. The summed E-state index contributed by atoms with van der Waals surface area (Å²) >= 11 is 8.17. The van der Waals surface area contributed by atoms with Crippen LogP contribution < -0.4 is 5.32 Å². The summed E-state index contributed by atoms with van der Waals surface area (Å²) in [6.45, 7) is 2.19. The van der Waals surface area contributed by atoms with Crippen molar-refractivity contribution in [3.63, 3.8) is 0 Å². The summed E-state index contributed by atoms with van der Waals surface area (Å²) in [5.74, 6) is 0.570. The van der Waals surface area contributed by atoms with Gasteiger partial charge < -0.3 is 5.32 Å². The van der Waals surface area contributed by atoms with Gasteiger partial charge in [0.05, 0.1) is 5.02 Å². The molecule has 1 N–H and O–H groups in total. The number of rotatable bonds is 2. The highest BCUT2D eigenvalue weighted by molar-refractivity contribution is 14.1. The lowest BCUT2D eigenvalue weighted by molar-refractivity contribution is 0.0929. The van der Waals surface area contributed by atoms with Crippen LogP contribution in [0, 0.1) is 9.49 Å². The summed E-state index contributed by atoms with van der Waals surface area (Å²) < 4.78 is 0.968. The number of halogens is 2. The smallest absolute Gasteiger partial charge is 0.251 e. The van der Waals surface area contributed by atoms with Crippen LogP contribution in [0.15, 0.2) is 18.2 Å². The second-order valence-corrected chi connectivity index (χ2v) is 6.19. The number of nitrogens with one attached hydrogen (secondary N) is 1. The van der Waals surface area contributed by atoms with Gasteiger partial charge in [-0.3, -0.25) is 4.79 Å². The van der Waals surface area contributed by atoms with Gasteiger partial charge in [-0.25, -0.2) is 0 Å². The van der Waals surface area contributed by atoms with Crippen molar-refractivity contribution in [2.24, 2.45) is 5.92 Å². The predicted octanol–water partition coefficient (Wildman–Crippen LogP) is 3.86. The van der Waals surface area contributed by atoms with E-state index in [4.69, 9.17) is 11.6 Å². The fraction of sp³-hybridized carbons (Fsp3) is 0.462. The first-order chi connectivity index (χ1) is 8.08. The predicted molar refractivity (Wildman–Crippen MR) is 78.4 cm³/mol. The van der Waals surface area contributed by atoms with Crippen LogP contribution in [0.25, 0.3) is 0 Å². The Labute approximate surface area is 120 Å². The lowest BCUT2D eigenvalue weighted by atomic mass is 10.1. The molecule has 1 aromatic rings. The van der Waals surface area contributed by atoms with Gasteiger partial charge in [0.2, 0.25) is 0 Å². The molecule has 1 aliphatic rings. The highest BCUT2D eigenvalue weighted by Gasteiger charge is 2.25. The average molecular weight is 364 g/mol. The maximum Gasteiger partial charge on any atom is 0.251 e. The highest BCUT2D eigenvalue weighted by atomic mass is 127. The number of carbonyl (C=O) groups is 1. The van der Waals surface area contributed by atoms with Crippen LogP contribution in [0.4, 0.5) is 0 Å². The second-order valence-electron chi connectivity index (χ2n) is 4.62. The molecule has 0 aliphatic heterocycles. The third-order valence-corrected chi connectivity index (χ3v) is 4.93. The Bertz CT molecular complexity index is 435. The first kappa shape index (κ1) is 13.1. The van der Waals surface area contributed by atoms with E-state index in [2.05, 4.69) is 34.8 Å². The van der Waals surface area contributed by atoms with E-state index in [1.54, 1.807) is 6.07 Å². The van der Waals surface area contributed by atoms with Crippen molar-refractivity contribution in [2.45, 2.75) is 32.2 Å². The highest BCUT2D eigenvalue weighted by Crippen LogP contribution is 2.25. The molecular weight excluding hydrogens is 349 g/mol. The zero-order chi connectivity index (χ0) is 12.4. The van der Waals surface area contributed by atoms with E-state index >= 15 is 0 Å². The molecule has 2 unspecified atom stereocenters. The molecule has 1 amide bonds. The lowest BCUT2D eigenvalue weighted by Gasteiger charge is -2.17. The van der Waals surface area contributed by atoms with Crippen LogP contribution in [-0.2, 0) is 0 Å². The molecule has 92 valence electrons. The lowest BCUT2D eigenvalue weighted by Crippen LogP contribution is -2.36. The molecule has 0 aromatic heterocycles. The van der Waals surface area contributed by atoms with Gasteiger partial charge in [-0.15, -0.1) is 0 Å². The van der Waals surface area contributed by atoms with Crippen molar-refractivity contribution in [3.05, 3.63) is 32.4 Å². The van der Waals surface area contributed by atoms with Crippen molar-refractivity contribution in [3.8, 4) is 0 Å². The summed E-state index contributed by atoms with van der Waals surface area (Å²) in [5.41, 5.74) is 0.648. The Kier molecular flexibility index (Phi) is 4.31. The van der Waals surface area contributed by atoms with Gasteiger partial charge in [-0.2, -0.15) is 0 Å². The minimum Gasteiger partial charge on any atom is -0.349 e. The molecule has 2 nitrogen and oxygen atoms in total. The molecule has 0 spiro atoms. The van der Waals surface area contributed by atoms with Crippen molar-refractivity contribution < 1.29 is 4.79 Å². The minimum atomic E-state index is -0.0120. The third-order valence-electron chi connectivity index (χ3n) is 3.36. The van der Waals surface area contributed by atoms with E-state index in [1.165, 1.54) is 12.8 Å². The molecule has 0 radical (unpaired) electrons. The van der Waals surface area contributed by atoms with Crippen molar-refractivity contribution in [2.75, 3.05) is 0 Å². The second kappa shape index (κ2) is 5.57. The topological polar surface area (TPSA) is 29.1 Å². The molecule has 1 fully saturated rings. The SMILES string of the molecule is CC1CCCC1NC(=O)c1ccc(I)c(Cl)c1. The maximum absolute atomic E-state index is 12.0. The Morgan fingerprint density at radius 3 is 2.82 bits per heavy atom. The molecule has 2 atom stereocenters. The van der Waals surface area contributed by atoms with E-state index in [0.29, 0.717) is 22.5 Å². The quantitative estimate of drug-likeness (QED) is 0.794.